The van der Waals surface area contributed by atoms with Gasteiger partial charge in [-0.05, 0) is 77.4 Å². The van der Waals surface area contributed by atoms with E-state index < -0.39 is 30.0 Å². The number of hydrogen-bond acceptors (Lipinski definition) is 13. The van der Waals surface area contributed by atoms with Crippen molar-refractivity contribution in [3.63, 3.8) is 0 Å². The third-order valence-electron chi connectivity index (χ3n) is 15.8. The molecule has 0 aliphatic carbocycles. The van der Waals surface area contributed by atoms with E-state index in [1.54, 1.807) is 0 Å². The smallest absolute Gasteiger partial charge is 0.144 e. The molecule has 23 atom stereocenters. The molecular formula is C50H72O13. The van der Waals surface area contributed by atoms with E-state index in [1.165, 1.54) is 6.92 Å². The topological polar surface area (TPSA) is 139 Å². The van der Waals surface area contributed by atoms with Crippen molar-refractivity contribution in [3.05, 3.63) is 36.1 Å². The molecule has 0 aromatic rings. The summed E-state index contributed by atoms with van der Waals surface area (Å²) in [5.41, 5.74) is 1.62. The minimum absolute atomic E-state index is 0.0180. The molecule has 9 fully saturated rings. The summed E-state index contributed by atoms with van der Waals surface area (Å²) in [5.74, 6) is 3.82. The Morgan fingerprint density at radius 3 is 2.14 bits per heavy atom. The Labute approximate surface area is 374 Å². The first kappa shape index (κ1) is 45.9. The van der Waals surface area contributed by atoms with Gasteiger partial charge in [-0.1, -0.05) is 31.9 Å². The first-order valence-corrected chi connectivity index (χ1v) is 24.0. The summed E-state index contributed by atoms with van der Waals surface area (Å²) in [7, 11) is 0. The highest BCUT2D eigenvalue weighted by Gasteiger charge is 2.57. The van der Waals surface area contributed by atoms with Crippen molar-refractivity contribution >= 4 is 6.29 Å². The zero-order valence-electron chi connectivity index (χ0n) is 38.2. The number of hydrogen-bond donors (Lipinski definition) is 1. The SMILES string of the molecule is C#CC1OC2CC3OC(CC(=C)C)CC(O)C3OC2CC1OC1CC2OC3CCC4OC5CC6OC7C(C)=CC(=C)OC7CC6OC5C[C@@H](C)C4OC3CC2OC1(C)CC.CC=O. The van der Waals surface area contributed by atoms with Crippen LogP contribution < -0.4 is 0 Å². The molecule has 0 bridgehead atoms. The van der Waals surface area contributed by atoms with Crippen LogP contribution in [-0.2, 0) is 56.9 Å². The maximum absolute atomic E-state index is 11.1. The molecule has 22 unspecified atom stereocenters. The van der Waals surface area contributed by atoms with Crippen LogP contribution in [-0.4, -0.2) is 145 Å². The van der Waals surface area contributed by atoms with Gasteiger partial charge in [-0.25, -0.2) is 0 Å². The molecule has 0 aromatic carbocycles. The Morgan fingerprint density at radius 2 is 1.40 bits per heavy atom. The third kappa shape index (κ3) is 9.27. The largest absolute Gasteiger partial charge is 0.488 e. The molecule has 0 amide bonds. The third-order valence-corrected chi connectivity index (χ3v) is 15.8. The van der Waals surface area contributed by atoms with Gasteiger partial charge in [0.2, 0.25) is 0 Å². The van der Waals surface area contributed by atoms with E-state index in [9.17, 15) is 5.11 Å². The molecule has 10 aliphatic heterocycles. The fraction of sp³-hybridized carbons (Fsp3) is 0.820. The predicted octanol–water partition coefficient (Wildman–Crippen LogP) is 6.01. The molecule has 10 heterocycles. The summed E-state index contributed by atoms with van der Waals surface area (Å²) in [6, 6.07) is 0. The van der Waals surface area contributed by atoms with Crippen molar-refractivity contribution in [2.45, 2.75) is 252 Å². The lowest BCUT2D eigenvalue weighted by molar-refractivity contribution is -0.313. The Morgan fingerprint density at radius 1 is 0.810 bits per heavy atom. The molecule has 10 rings (SSSR count). The van der Waals surface area contributed by atoms with Crippen LogP contribution in [0.25, 0.3) is 0 Å². The van der Waals surface area contributed by atoms with Crippen LogP contribution in [0.2, 0.25) is 0 Å². The number of terminal acetylenes is 1. The van der Waals surface area contributed by atoms with Crippen LogP contribution in [0.3, 0.4) is 0 Å². The number of fused-ring (bicyclic) bond motifs is 8. The van der Waals surface area contributed by atoms with Gasteiger partial charge in [0.05, 0.1) is 109 Å². The van der Waals surface area contributed by atoms with E-state index in [-0.39, 0.29) is 110 Å². The average molecular weight is 881 g/mol. The van der Waals surface area contributed by atoms with Gasteiger partial charge in [-0.3, -0.25) is 0 Å². The summed E-state index contributed by atoms with van der Waals surface area (Å²) >= 11 is 0. The van der Waals surface area contributed by atoms with Crippen LogP contribution in [0.15, 0.2) is 36.1 Å². The van der Waals surface area contributed by atoms with Crippen molar-refractivity contribution in [2.24, 2.45) is 5.92 Å². The van der Waals surface area contributed by atoms with Gasteiger partial charge >= 0.3 is 0 Å². The molecule has 0 spiro atoms. The van der Waals surface area contributed by atoms with E-state index in [0.717, 1.165) is 62.4 Å². The van der Waals surface area contributed by atoms with Gasteiger partial charge in [-0.15, -0.1) is 13.0 Å². The molecule has 0 radical (unpaired) electrons. The fourth-order valence-electron chi connectivity index (χ4n) is 12.6. The van der Waals surface area contributed by atoms with Gasteiger partial charge in [0.1, 0.15) is 36.5 Å². The van der Waals surface area contributed by atoms with Crippen LogP contribution in [0, 0.1) is 18.3 Å². The lowest BCUT2D eigenvalue weighted by Crippen LogP contribution is -2.64. The molecule has 0 aromatic heterocycles. The van der Waals surface area contributed by atoms with E-state index in [4.69, 9.17) is 63.3 Å². The van der Waals surface area contributed by atoms with E-state index in [1.807, 2.05) is 13.0 Å². The summed E-state index contributed by atoms with van der Waals surface area (Å²) in [5, 5.41) is 11.1. The molecule has 13 nitrogen and oxygen atoms in total. The number of aliphatic hydroxyl groups excluding tert-OH is 1. The molecular weight excluding hydrogens is 809 g/mol. The standard InChI is InChI=1S/C48H68O12.C2H4O/c1-9-29-33(17-39-36(52-29)21-43-47(59-39)28(49)16-27(51-43)13-23(3)4)56-44-22-40-41(60-48(44,8)10-2)19-34-30(53-40)11-12-31-45(57-34)25(6)15-32-35(54-31)18-38-37(55-32)20-42-46(58-38)24(5)14-26(7)50-42;1-2-3/h1,14,25,27-47,49H,3,7,10-13,15-22H2,2,4-6,8H3;2H,1H3/t25-,27?,28?,29?,30?,31?,32?,33?,34?,35?,36?,37?,38?,39?,40?,41?,42?,43?,44?,45?,46?,47?,48?;/m1./s1. The quantitative estimate of drug-likeness (QED) is 0.196. The minimum atomic E-state index is -0.615. The van der Waals surface area contributed by atoms with Crippen molar-refractivity contribution in [2.75, 3.05) is 0 Å². The lowest BCUT2D eigenvalue weighted by atomic mass is 9.82. The van der Waals surface area contributed by atoms with Crippen LogP contribution in [0.4, 0.5) is 0 Å². The molecule has 350 valence electrons. The second-order valence-electron chi connectivity index (χ2n) is 20.5. The van der Waals surface area contributed by atoms with Gasteiger partial charge in [0, 0.05) is 44.9 Å². The normalized spacial score (nSPS) is 51.1. The van der Waals surface area contributed by atoms with Crippen molar-refractivity contribution in [1.82, 2.24) is 0 Å². The minimum Gasteiger partial charge on any atom is -0.488 e. The van der Waals surface area contributed by atoms with Gasteiger partial charge in [0.25, 0.3) is 0 Å². The van der Waals surface area contributed by atoms with E-state index in [2.05, 4.69) is 46.8 Å². The molecule has 0 saturated carbocycles. The lowest BCUT2D eigenvalue weighted by Gasteiger charge is -2.54. The number of carbonyl (C=O) groups is 1. The molecule has 13 heteroatoms. The summed E-state index contributed by atoms with van der Waals surface area (Å²) in [6.45, 7) is 20.2. The van der Waals surface area contributed by atoms with E-state index in [0.29, 0.717) is 37.9 Å². The first-order valence-electron chi connectivity index (χ1n) is 24.0. The number of carbonyl (C=O) groups excluding carboxylic acids is 1. The molecule has 9 saturated heterocycles. The van der Waals surface area contributed by atoms with Crippen molar-refractivity contribution < 1.29 is 62.0 Å². The maximum Gasteiger partial charge on any atom is 0.144 e. The molecule has 63 heavy (non-hydrogen) atoms. The number of aliphatic hydroxyl groups is 1. The molecule has 10 aliphatic rings. The van der Waals surface area contributed by atoms with E-state index >= 15 is 0 Å². The van der Waals surface area contributed by atoms with Crippen LogP contribution in [0.5, 0.6) is 0 Å². The zero-order chi connectivity index (χ0) is 44.3. The Hall–Kier alpha value is -2.19. The first-order chi connectivity index (χ1) is 30.3. The van der Waals surface area contributed by atoms with Gasteiger partial charge < -0.3 is 62.0 Å². The highest BCUT2D eigenvalue weighted by molar-refractivity contribution is 5.44. The Kier molecular flexibility index (Phi) is 13.7. The zero-order valence-corrected chi connectivity index (χ0v) is 38.2. The van der Waals surface area contributed by atoms with Crippen molar-refractivity contribution in [1.29, 1.82) is 0 Å². The number of rotatable bonds is 5. The monoisotopic (exact) mass is 880 g/mol. The fourth-order valence-corrected chi connectivity index (χ4v) is 12.6. The summed E-state index contributed by atoms with van der Waals surface area (Å²) in [6.07, 6.45) is 13.7. The van der Waals surface area contributed by atoms with Crippen LogP contribution in [0.1, 0.15) is 119 Å². The van der Waals surface area contributed by atoms with Gasteiger partial charge in [0.15, 0.2) is 0 Å². The van der Waals surface area contributed by atoms with Crippen molar-refractivity contribution in [3.8, 4) is 12.3 Å². The number of aldehydes is 1. The highest BCUT2D eigenvalue weighted by Crippen LogP contribution is 2.48. The second kappa shape index (κ2) is 18.8. The average Bonchev–Trinajstić information content (AvgIpc) is 3.48. The maximum atomic E-state index is 11.1. The highest BCUT2D eigenvalue weighted by atomic mass is 16.6. The Balaban J connectivity index is 0.00000164. The number of allylic oxidation sites excluding steroid dienone is 1. The summed E-state index contributed by atoms with van der Waals surface area (Å²) in [4.78, 5) is 8.81. The van der Waals surface area contributed by atoms with Crippen LogP contribution >= 0.6 is 0 Å². The predicted molar refractivity (Wildman–Crippen MR) is 231 cm³/mol. The van der Waals surface area contributed by atoms with Gasteiger partial charge in [-0.2, -0.15) is 0 Å². The second-order valence-corrected chi connectivity index (χ2v) is 20.5. The Bertz CT molecular complexity index is 1750. The molecule has 1 N–H and O–H groups in total. The summed E-state index contributed by atoms with van der Waals surface area (Å²) < 4.78 is 74.3. The number of ether oxygens (including phenoxy) is 11.